The third kappa shape index (κ3) is 5.75. The molecule has 2 aromatic carbocycles. The summed E-state index contributed by atoms with van der Waals surface area (Å²) in [5, 5.41) is 12.2. The van der Waals surface area contributed by atoms with E-state index < -0.39 is 12.1 Å². The molecule has 26 heavy (non-hydrogen) atoms. The average molecular weight is 441 g/mol. The lowest BCUT2D eigenvalue weighted by Gasteiger charge is -2.16. The van der Waals surface area contributed by atoms with Crippen molar-refractivity contribution in [2.45, 2.75) is 32.3 Å². The van der Waals surface area contributed by atoms with Gasteiger partial charge in [0.2, 0.25) is 0 Å². The minimum absolute atomic E-state index is 0.0621. The molecule has 138 valence electrons. The Labute approximate surface area is 165 Å². The van der Waals surface area contributed by atoms with Crippen molar-refractivity contribution in [1.29, 1.82) is 0 Å². The number of rotatable bonds is 7. The van der Waals surface area contributed by atoms with Crippen LogP contribution in [0.2, 0.25) is 5.02 Å². The van der Waals surface area contributed by atoms with Crippen LogP contribution in [0.4, 0.5) is 5.69 Å². The zero-order valence-electron chi connectivity index (χ0n) is 14.3. The number of carbonyl (C=O) groups excluding carboxylic acids is 1. The zero-order chi connectivity index (χ0) is 19.3. The molecule has 2 N–H and O–H groups in total. The molecule has 7 heteroatoms. The van der Waals surface area contributed by atoms with Crippen LogP contribution in [0.15, 0.2) is 46.9 Å². The van der Waals surface area contributed by atoms with Crippen LogP contribution in [0.1, 0.15) is 31.7 Å². The average Bonchev–Trinajstić information content (AvgIpc) is 2.57. The van der Waals surface area contributed by atoms with Gasteiger partial charge in [0.15, 0.2) is 6.10 Å². The third-order valence-corrected chi connectivity index (χ3v) is 4.65. The number of hydrogen-bond acceptors (Lipinski definition) is 3. The van der Waals surface area contributed by atoms with E-state index >= 15 is 0 Å². The number of amides is 1. The Kier molecular flexibility index (Phi) is 7.06. The largest absolute Gasteiger partial charge is 0.481 e. The molecule has 0 aliphatic heterocycles. The van der Waals surface area contributed by atoms with Crippen LogP contribution < -0.4 is 10.1 Å². The lowest BCUT2D eigenvalue weighted by atomic mass is 9.98. The zero-order valence-corrected chi connectivity index (χ0v) is 16.7. The summed E-state index contributed by atoms with van der Waals surface area (Å²) in [5.74, 6) is -0.705. The highest BCUT2D eigenvalue weighted by Gasteiger charge is 2.17. The van der Waals surface area contributed by atoms with Crippen molar-refractivity contribution in [3.8, 4) is 5.75 Å². The molecule has 0 heterocycles. The van der Waals surface area contributed by atoms with E-state index in [1.54, 1.807) is 37.3 Å². The first-order chi connectivity index (χ1) is 12.3. The maximum absolute atomic E-state index is 12.3. The van der Waals surface area contributed by atoms with Gasteiger partial charge in [0.1, 0.15) is 5.75 Å². The van der Waals surface area contributed by atoms with Gasteiger partial charge in [0.25, 0.3) is 5.91 Å². The third-order valence-electron chi connectivity index (χ3n) is 3.79. The van der Waals surface area contributed by atoms with Gasteiger partial charge in [-0.2, -0.15) is 0 Å². The van der Waals surface area contributed by atoms with Crippen LogP contribution in [0.5, 0.6) is 5.75 Å². The first-order valence-corrected chi connectivity index (χ1v) is 9.17. The monoisotopic (exact) mass is 439 g/mol. The van der Waals surface area contributed by atoms with Gasteiger partial charge < -0.3 is 15.2 Å². The van der Waals surface area contributed by atoms with Gasteiger partial charge >= 0.3 is 5.97 Å². The van der Waals surface area contributed by atoms with Crippen LogP contribution in [-0.4, -0.2) is 23.1 Å². The van der Waals surface area contributed by atoms with Gasteiger partial charge in [-0.3, -0.25) is 9.59 Å². The Morgan fingerprint density at radius 2 is 1.85 bits per heavy atom. The number of carboxylic acids is 1. The Morgan fingerprint density at radius 1 is 1.19 bits per heavy atom. The molecule has 2 rings (SSSR count). The molecule has 0 aliphatic rings. The highest BCUT2D eigenvalue weighted by molar-refractivity contribution is 9.10. The van der Waals surface area contributed by atoms with E-state index in [1.807, 2.05) is 19.1 Å². The smallest absolute Gasteiger partial charge is 0.303 e. The van der Waals surface area contributed by atoms with Gasteiger partial charge in [-0.15, -0.1) is 0 Å². The van der Waals surface area contributed by atoms with E-state index in [2.05, 4.69) is 21.2 Å². The van der Waals surface area contributed by atoms with Crippen LogP contribution >= 0.6 is 27.5 Å². The van der Waals surface area contributed by atoms with Crippen molar-refractivity contribution in [2.24, 2.45) is 0 Å². The second-order valence-corrected chi connectivity index (χ2v) is 7.24. The fourth-order valence-corrected chi connectivity index (χ4v) is 3.11. The SMILES string of the molecule is CC(Oc1ccc(Cl)cc1Br)C(=O)Nc1ccc(C(C)CC(=O)O)cc1. The number of nitrogens with one attached hydrogen (secondary N) is 1. The van der Waals surface area contributed by atoms with E-state index in [-0.39, 0.29) is 18.2 Å². The van der Waals surface area contributed by atoms with Crippen molar-refractivity contribution in [2.75, 3.05) is 5.32 Å². The number of carbonyl (C=O) groups is 2. The van der Waals surface area contributed by atoms with Crippen molar-refractivity contribution in [3.63, 3.8) is 0 Å². The molecule has 2 aromatic rings. The molecule has 5 nitrogen and oxygen atoms in total. The second-order valence-electron chi connectivity index (χ2n) is 5.94. The highest BCUT2D eigenvalue weighted by Crippen LogP contribution is 2.29. The number of benzene rings is 2. The van der Waals surface area contributed by atoms with E-state index in [0.717, 1.165) is 5.56 Å². The lowest BCUT2D eigenvalue weighted by Crippen LogP contribution is -2.30. The normalized spacial score (nSPS) is 12.9. The maximum atomic E-state index is 12.3. The molecular weight excluding hydrogens is 422 g/mol. The second kappa shape index (κ2) is 9.05. The number of halogens is 2. The Balaban J connectivity index is 1.97. The molecule has 0 spiro atoms. The van der Waals surface area contributed by atoms with Crippen LogP contribution in [-0.2, 0) is 9.59 Å². The first-order valence-electron chi connectivity index (χ1n) is 8.00. The predicted octanol–water partition coefficient (Wildman–Crippen LogP) is 5.09. The van der Waals surface area contributed by atoms with Crippen molar-refractivity contribution in [1.82, 2.24) is 0 Å². The number of aliphatic carboxylic acids is 1. The van der Waals surface area contributed by atoms with Crippen molar-refractivity contribution in [3.05, 3.63) is 57.5 Å². The molecule has 2 unspecified atom stereocenters. The number of hydrogen-bond donors (Lipinski definition) is 2. The summed E-state index contributed by atoms with van der Waals surface area (Å²) in [6.07, 6.45) is -0.648. The Morgan fingerprint density at radius 3 is 2.42 bits per heavy atom. The quantitative estimate of drug-likeness (QED) is 0.629. The topological polar surface area (TPSA) is 75.6 Å². The molecule has 2 atom stereocenters. The number of anilines is 1. The summed E-state index contributed by atoms with van der Waals surface area (Å²) in [5.41, 5.74) is 1.52. The fraction of sp³-hybridized carbons (Fsp3) is 0.263. The summed E-state index contributed by atoms with van der Waals surface area (Å²) in [6.45, 7) is 3.50. The number of ether oxygens (including phenoxy) is 1. The molecular formula is C19H19BrClNO4. The first kappa shape index (κ1) is 20.3. The maximum Gasteiger partial charge on any atom is 0.303 e. The minimum atomic E-state index is -0.839. The predicted molar refractivity (Wildman–Crippen MR) is 105 cm³/mol. The molecule has 0 bridgehead atoms. The van der Waals surface area contributed by atoms with Gasteiger partial charge in [-0.25, -0.2) is 0 Å². The van der Waals surface area contributed by atoms with Crippen LogP contribution in [0.25, 0.3) is 0 Å². The molecule has 0 saturated heterocycles. The van der Waals surface area contributed by atoms with E-state index in [1.165, 1.54) is 0 Å². The van der Waals surface area contributed by atoms with Gasteiger partial charge in [0, 0.05) is 10.7 Å². The van der Waals surface area contributed by atoms with Crippen molar-refractivity contribution >= 4 is 45.1 Å². The van der Waals surface area contributed by atoms with Gasteiger partial charge in [-0.05, 0) is 64.7 Å². The molecule has 0 aliphatic carbocycles. The summed E-state index contributed by atoms with van der Waals surface area (Å²) < 4.78 is 6.32. The van der Waals surface area contributed by atoms with E-state index in [4.69, 9.17) is 21.4 Å². The summed E-state index contributed by atoms with van der Waals surface area (Å²) in [7, 11) is 0. The van der Waals surface area contributed by atoms with Gasteiger partial charge in [-0.1, -0.05) is 30.7 Å². The van der Waals surface area contributed by atoms with Crippen LogP contribution in [0, 0.1) is 0 Å². The molecule has 0 aromatic heterocycles. The Hall–Kier alpha value is -2.05. The molecule has 0 fully saturated rings. The van der Waals surface area contributed by atoms with E-state index in [0.29, 0.717) is 20.9 Å². The Bertz CT molecular complexity index is 795. The number of carboxylic acid groups (broad SMARTS) is 1. The standard InChI is InChI=1S/C19H19BrClNO4/c1-11(9-18(23)24)13-3-6-15(7-4-13)22-19(25)12(2)26-17-8-5-14(21)10-16(17)20/h3-8,10-12H,9H2,1-2H3,(H,22,25)(H,23,24). The van der Waals surface area contributed by atoms with E-state index in [9.17, 15) is 9.59 Å². The molecule has 0 saturated carbocycles. The van der Waals surface area contributed by atoms with Gasteiger partial charge in [0.05, 0.1) is 10.9 Å². The summed E-state index contributed by atoms with van der Waals surface area (Å²) >= 11 is 9.24. The minimum Gasteiger partial charge on any atom is -0.481 e. The fourth-order valence-electron chi connectivity index (χ4n) is 2.33. The highest BCUT2D eigenvalue weighted by atomic mass is 79.9. The summed E-state index contributed by atoms with van der Waals surface area (Å²) in [4.78, 5) is 23.1. The van der Waals surface area contributed by atoms with Crippen LogP contribution in [0.3, 0.4) is 0 Å². The summed E-state index contributed by atoms with van der Waals surface area (Å²) in [6, 6.07) is 12.2. The lowest BCUT2D eigenvalue weighted by molar-refractivity contribution is -0.137. The molecule has 1 amide bonds. The van der Waals surface area contributed by atoms with Crippen molar-refractivity contribution < 1.29 is 19.4 Å². The molecule has 0 radical (unpaired) electrons.